The number of nitrogens with zero attached hydrogens (tertiary/aromatic N) is 1. The molecule has 0 fully saturated rings. The van der Waals surface area contributed by atoms with Crippen molar-refractivity contribution < 1.29 is 4.74 Å². The highest BCUT2D eigenvalue weighted by Crippen LogP contribution is 2.45. The van der Waals surface area contributed by atoms with Gasteiger partial charge in [-0.05, 0) is 60.0 Å². The summed E-state index contributed by atoms with van der Waals surface area (Å²) in [6.07, 6.45) is 2.25. The minimum absolute atomic E-state index is 0.868. The number of para-hydroxylation sites is 1. The molecule has 1 aliphatic rings. The molecule has 1 heterocycles. The lowest BCUT2D eigenvalue weighted by Crippen LogP contribution is -1.87. The summed E-state index contributed by atoms with van der Waals surface area (Å²) in [5.74, 6) is 0.868. The van der Waals surface area contributed by atoms with Gasteiger partial charge in [0.1, 0.15) is 5.75 Å². The summed E-state index contributed by atoms with van der Waals surface area (Å²) in [5.41, 5.74) is 9.40. The van der Waals surface area contributed by atoms with Gasteiger partial charge in [0.05, 0.1) is 18.3 Å². The molecule has 2 heteroatoms. The Balaban J connectivity index is 1.76. The smallest absolute Gasteiger partial charge is 0.118 e. The van der Waals surface area contributed by atoms with E-state index in [0.717, 1.165) is 22.5 Å². The molecule has 130 valence electrons. The lowest BCUT2D eigenvalue weighted by molar-refractivity contribution is 0.415. The molecule has 0 unspecified atom stereocenters. The standard InChI is InChI=1S/C25H19NO/c1-16-7-12-20-21(14-17-8-10-19(27-2)11-9-17)23-15-18-5-3-4-6-24(18)26-25(23)22(20)13-16/h3-15H,1-2H3/b21-14+. The summed E-state index contributed by atoms with van der Waals surface area (Å²) in [5, 5.41) is 1.17. The topological polar surface area (TPSA) is 22.1 Å². The summed E-state index contributed by atoms with van der Waals surface area (Å²) in [6.45, 7) is 2.13. The summed E-state index contributed by atoms with van der Waals surface area (Å²) in [7, 11) is 1.69. The molecule has 0 atom stereocenters. The zero-order chi connectivity index (χ0) is 18.4. The van der Waals surface area contributed by atoms with E-state index in [0.29, 0.717) is 0 Å². The molecule has 27 heavy (non-hydrogen) atoms. The van der Waals surface area contributed by atoms with Gasteiger partial charge in [0.25, 0.3) is 0 Å². The highest BCUT2D eigenvalue weighted by molar-refractivity contribution is 6.07. The number of fused-ring (bicyclic) bond motifs is 4. The molecule has 2 nitrogen and oxygen atoms in total. The molecular formula is C25H19NO. The third kappa shape index (κ3) is 2.61. The molecule has 0 N–H and O–H groups in total. The Morgan fingerprint density at radius 1 is 0.815 bits per heavy atom. The molecule has 1 aliphatic carbocycles. The maximum atomic E-state index is 5.28. The van der Waals surface area contributed by atoms with Crippen molar-refractivity contribution >= 4 is 22.6 Å². The van der Waals surface area contributed by atoms with Crippen molar-refractivity contribution in [1.82, 2.24) is 4.98 Å². The van der Waals surface area contributed by atoms with Gasteiger partial charge in [-0.3, -0.25) is 0 Å². The maximum Gasteiger partial charge on any atom is 0.118 e. The summed E-state index contributed by atoms with van der Waals surface area (Å²) < 4.78 is 5.28. The first-order chi connectivity index (χ1) is 13.2. The van der Waals surface area contributed by atoms with Gasteiger partial charge >= 0.3 is 0 Å². The summed E-state index contributed by atoms with van der Waals surface area (Å²) in [6, 6.07) is 25.4. The number of pyridine rings is 1. The molecule has 0 saturated heterocycles. The highest BCUT2D eigenvalue weighted by atomic mass is 16.5. The van der Waals surface area contributed by atoms with E-state index >= 15 is 0 Å². The van der Waals surface area contributed by atoms with Gasteiger partial charge in [-0.15, -0.1) is 0 Å². The molecule has 0 aliphatic heterocycles. The largest absolute Gasteiger partial charge is 0.497 e. The van der Waals surface area contributed by atoms with Gasteiger partial charge in [-0.1, -0.05) is 48.0 Å². The number of hydrogen-bond acceptors (Lipinski definition) is 2. The summed E-state index contributed by atoms with van der Waals surface area (Å²) >= 11 is 0. The van der Waals surface area contributed by atoms with Gasteiger partial charge in [0.2, 0.25) is 0 Å². The molecule has 1 aromatic heterocycles. The first kappa shape index (κ1) is 15.8. The van der Waals surface area contributed by atoms with Crippen molar-refractivity contribution in [3.8, 4) is 17.0 Å². The monoisotopic (exact) mass is 349 g/mol. The Morgan fingerprint density at radius 2 is 1.63 bits per heavy atom. The van der Waals surface area contributed by atoms with Crippen LogP contribution >= 0.6 is 0 Å². The highest BCUT2D eigenvalue weighted by Gasteiger charge is 2.25. The second kappa shape index (κ2) is 6.10. The van der Waals surface area contributed by atoms with Crippen LogP contribution in [0.4, 0.5) is 0 Å². The Hall–Kier alpha value is -3.39. The van der Waals surface area contributed by atoms with Crippen LogP contribution in [0.25, 0.3) is 33.8 Å². The third-order valence-corrected chi connectivity index (χ3v) is 5.16. The third-order valence-electron chi connectivity index (χ3n) is 5.16. The number of hydrogen-bond donors (Lipinski definition) is 0. The molecule has 0 saturated carbocycles. The molecule has 4 aromatic rings. The van der Waals surface area contributed by atoms with Crippen molar-refractivity contribution in [3.05, 3.63) is 95.1 Å². The fourth-order valence-corrected chi connectivity index (χ4v) is 3.78. The van der Waals surface area contributed by atoms with E-state index in [4.69, 9.17) is 9.72 Å². The molecule has 0 amide bonds. The molecule has 5 rings (SSSR count). The van der Waals surface area contributed by atoms with Crippen molar-refractivity contribution in [1.29, 1.82) is 0 Å². The first-order valence-corrected chi connectivity index (χ1v) is 9.10. The minimum Gasteiger partial charge on any atom is -0.497 e. The zero-order valence-electron chi connectivity index (χ0n) is 15.4. The van der Waals surface area contributed by atoms with Crippen LogP contribution in [0, 0.1) is 6.92 Å². The second-order valence-corrected chi connectivity index (χ2v) is 6.96. The Kier molecular flexibility index (Phi) is 3.58. The van der Waals surface area contributed by atoms with E-state index in [1.807, 2.05) is 18.2 Å². The Morgan fingerprint density at radius 3 is 2.44 bits per heavy atom. The van der Waals surface area contributed by atoms with Gasteiger partial charge in [0.15, 0.2) is 0 Å². The SMILES string of the molecule is COc1ccc(/C=C2\c3ccc(C)cc3-c3nc4ccccc4cc32)cc1. The van der Waals surface area contributed by atoms with Crippen molar-refractivity contribution in [2.75, 3.05) is 7.11 Å². The van der Waals surface area contributed by atoms with E-state index in [1.54, 1.807) is 7.11 Å². The number of ether oxygens (including phenoxy) is 1. The number of aryl methyl sites for hydroxylation is 1. The molecule has 0 radical (unpaired) electrons. The van der Waals surface area contributed by atoms with Crippen LogP contribution < -0.4 is 4.74 Å². The number of methoxy groups -OCH3 is 1. The second-order valence-electron chi connectivity index (χ2n) is 6.96. The number of benzene rings is 3. The van der Waals surface area contributed by atoms with Crippen LogP contribution in [0.15, 0.2) is 72.8 Å². The maximum absolute atomic E-state index is 5.28. The number of aromatic nitrogens is 1. The minimum atomic E-state index is 0.868. The van der Waals surface area contributed by atoms with Gasteiger partial charge in [-0.2, -0.15) is 0 Å². The van der Waals surface area contributed by atoms with E-state index in [1.165, 1.54) is 33.2 Å². The van der Waals surface area contributed by atoms with E-state index < -0.39 is 0 Å². The lowest BCUT2D eigenvalue weighted by atomic mass is 10.00. The van der Waals surface area contributed by atoms with Gasteiger partial charge < -0.3 is 4.74 Å². The van der Waals surface area contributed by atoms with Crippen LogP contribution in [0.5, 0.6) is 5.75 Å². The fraction of sp³-hybridized carbons (Fsp3) is 0.0800. The fourth-order valence-electron chi connectivity index (χ4n) is 3.78. The van der Waals surface area contributed by atoms with Crippen LogP contribution in [-0.2, 0) is 0 Å². The first-order valence-electron chi connectivity index (χ1n) is 9.10. The Bertz CT molecular complexity index is 1200. The van der Waals surface area contributed by atoms with E-state index in [2.05, 4.69) is 67.6 Å². The summed E-state index contributed by atoms with van der Waals surface area (Å²) in [4.78, 5) is 5.00. The van der Waals surface area contributed by atoms with Crippen LogP contribution in [0.1, 0.15) is 22.3 Å². The van der Waals surface area contributed by atoms with Crippen LogP contribution in [0.2, 0.25) is 0 Å². The predicted octanol–water partition coefficient (Wildman–Crippen LogP) is 6.12. The van der Waals surface area contributed by atoms with E-state index in [-0.39, 0.29) is 0 Å². The molecule has 0 spiro atoms. The van der Waals surface area contributed by atoms with E-state index in [9.17, 15) is 0 Å². The van der Waals surface area contributed by atoms with Crippen molar-refractivity contribution in [2.45, 2.75) is 6.92 Å². The zero-order valence-corrected chi connectivity index (χ0v) is 15.4. The van der Waals surface area contributed by atoms with Crippen molar-refractivity contribution in [2.24, 2.45) is 0 Å². The van der Waals surface area contributed by atoms with Crippen LogP contribution in [-0.4, -0.2) is 12.1 Å². The lowest BCUT2D eigenvalue weighted by Gasteiger charge is -2.05. The molecule has 0 bridgehead atoms. The Labute approximate surface area is 158 Å². The normalized spacial score (nSPS) is 13.6. The van der Waals surface area contributed by atoms with Crippen LogP contribution in [0.3, 0.4) is 0 Å². The number of rotatable bonds is 2. The van der Waals surface area contributed by atoms with Gasteiger partial charge in [0, 0.05) is 16.5 Å². The quantitative estimate of drug-likeness (QED) is 0.383. The average Bonchev–Trinajstić information content (AvgIpc) is 2.99. The van der Waals surface area contributed by atoms with Gasteiger partial charge in [-0.25, -0.2) is 4.98 Å². The average molecular weight is 349 g/mol. The molecule has 3 aromatic carbocycles. The van der Waals surface area contributed by atoms with Crippen molar-refractivity contribution in [3.63, 3.8) is 0 Å². The molecular weight excluding hydrogens is 330 g/mol. The predicted molar refractivity (Wildman–Crippen MR) is 112 cm³/mol.